The summed E-state index contributed by atoms with van der Waals surface area (Å²) in [6, 6.07) is 20.1. The first-order chi connectivity index (χ1) is 11.9. The predicted molar refractivity (Wildman–Crippen MR) is 110 cm³/mol. The maximum absolute atomic E-state index is 3.98. The summed E-state index contributed by atoms with van der Waals surface area (Å²) in [5.41, 5.74) is 3.65. The molecular weight excluding hydrogens is 304 g/mol. The Morgan fingerprint density at radius 2 is 1.08 bits per heavy atom. The molecule has 0 fully saturated rings. The van der Waals surface area contributed by atoms with E-state index in [0.29, 0.717) is 0 Å². The van der Waals surface area contributed by atoms with Gasteiger partial charge in [0.15, 0.2) is 0 Å². The van der Waals surface area contributed by atoms with Gasteiger partial charge in [-0.25, -0.2) is 0 Å². The Bertz CT molecular complexity index is 528. The smallest absolute Gasteiger partial charge is 0.0372 e. The summed E-state index contributed by atoms with van der Waals surface area (Å²) in [5, 5.41) is 0. The molecule has 0 N–H and O–H groups in total. The minimum Gasteiger partial charge on any atom is -0.265 e. The van der Waals surface area contributed by atoms with Crippen molar-refractivity contribution in [2.75, 3.05) is 0 Å². The second-order valence-corrected chi connectivity index (χ2v) is 6.38. The highest BCUT2D eigenvalue weighted by Gasteiger charge is 1.74. The summed E-state index contributed by atoms with van der Waals surface area (Å²) in [7, 11) is 0. The molecule has 0 aliphatic rings. The third-order valence-corrected chi connectivity index (χ3v) is 2.60. The van der Waals surface area contributed by atoms with Gasteiger partial charge in [-0.15, -0.1) is 0 Å². The van der Waals surface area contributed by atoms with E-state index in [-0.39, 0.29) is 0 Å². The zero-order valence-electron chi connectivity index (χ0n) is 16.5. The van der Waals surface area contributed by atoms with E-state index >= 15 is 0 Å². The van der Waals surface area contributed by atoms with Gasteiger partial charge in [-0.05, 0) is 56.5 Å². The molecule has 0 saturated carbocycles. The van der Waals surface area contributed by atoms with E-state index in [0.717, 1.165) is 11.6 Å². The molecule has 0 saturated heterocycles. The summed E-state index contributed by atoms with van der Waals surface area (Å²) in [6.07, 6.45) is 5.36. The van der Waals surface area contributed by atoms with Crippen LogP contribution in [0.15, 0.2) is 79.3 Å². The number of aryl methyl sites for hydroxylation is 3. The van der Waals surface area contributed by atoms with Crippen molar-refractivity contribution in [1.29, 1.82) is 0 Å². The van der Waals surface area contributed by atoms with Crippen LogP contribution in [0.3, 0.4) is 0 Å². The van der Waals surface area contributed by atoms with Crippen LogP contribution in [-0.4, -0.2) is 9.97 Å². The van der Waals surface area contributed by atoms with Crippen LogP contribution in [0.4, 0.5) is 0 Å². The van der Waals surface area contributed by atoms with Crippen LogP contribution in [0.2, 0.25) is 0 Å². The van der Waals surface area contributed by atoms with E-state index in [2.05, 4.69) is 49.8 Å². The second-order valence-electron chi connectivity index (χ2n) is 6.38. The van der Waals surface area contributed by atoms with E-state index < -0.39 is 0 Å². The summed E-state index contributed by atoms with van der Waals surface area (Å²) in [6.45, 7) is 12.6. The molecule has 2 heterocycles. The summed E-state index contributed by atoms with van der Waals surface area (Å²) >= 11 is 0. The maximum atomic E-state index is 3.98. The van der Waals surface area contributed by atoms with Crippen LogP contribution >= 0.6 is 0 Å². The lowest BCUT2D eigenvalue weighted by Crippen LogP contribution is -1.72. The van der Waals surface area contributed by atoms with Gasteiger partial charge in [0, 0.05) is 24.3 Å². The number of rotatable bonds is 0. The molecule has 0 spiro atoms. The van der Waals surface area contributed by atoms with Gasteiger partial charge in [-0.1, -0.05) is 62.7 Å². The molecule has 0 atom stereocenters. The molecule has 0 aliphatic heterocycles. The van der Waals surface area contributed by atoms with E-state index in [1.165, 1.54) is 11.1 Å². The molecule has 25 heavy (non-hydrogen) atoms. The van der Waals surface area contributed by atoms with Gasteiger partial charge >= 0.3 is 0 Å². The Labute approximate surface area is 154 Å². The molecular formula is C23H32N2. The number of nitrogens with zero attached hydrogens (tertiary/aromatic N) is 2. The Morgan fingerprint density at radius 3 is 1.32 bits per heavy atom. The lowest BCUT2D eigenvalue weighted by atomic mass is 10.2. The van der Waals surface area contributed by atoms with Crippen LogP contribution < -0.4 is 0 Å². The minimum absolute atomic E-state index is 0.833. The number of pyridine rings is 2. The van der Waals surface area contributed by atoms with Gasteiger partial charge < -0.3 is 0 Å². The SMILES string of the molecule is CC(C)C.Cc1ccccc1.Cc1ccccn1.Cc1ccncc1. The van der Waals surface area contributed by atoms with Crippen molar-refractivity contribution in [3.63, 3.8) is 0 Å². The monoisotopic (exact) mass is 336 g/mol. The molecule has 3 aromatic rings. The Morgan fingerprint density at radius 1 is 0.600 bits per heavy atom. The highest BCUT2D eigenvalue weighted by atomic mass is 14.6. The predicted octanol–water partition coefficient (Wildman–Crippen LogP) is 6.44. The van der Waals surface area contributed by atoms with Crippen LogP contribution in [0.1, 0.15) is 37.6 Å². The molecule has 2 aromatic heterocycles. The Balaban J connectivity index is 0.000000314. The molecule has 0 bridgehead atoms. The normalized spacial score (nSPS) is 8.76. The fraction of sp³-hybridized carbons (Fsp3) is 0.304. The van der Waals surface area contributed by atoms with Gasteiger partial charge in [0.1, 0.15) is 0 Å². The molecule has 1 aromatic carbocycles. The van der Waals surface area contributed by atoms with Crippen molar-refractivity contribution in [3.8, 4) is 0 Å². The maximum Gasteiger partial charge on any atom is 0.0372 e. The molecule has 0 amide bonds. The number of benzene rings is 1. The van der Waals surface area contributed by atoms with Gasteiger partial charge in [0.05, 0.1) is 0 Å². The fourth-order valence-corrected chi connectivity index (χ4v) is 1.41. The summed E-state index contributed by atoms with van der Waals surface area (Å²) in [4.78, 5) is 7.82. The van der Waals surface area contributed by atoms with Crippen LogP contribution in [0, 0.1) is 26.7 Å². The number of hydrogen-bond donors (Lipinski definition) is 0. The first-order valence-electron chi connectivity index (χ1n) is 8.67. The quantitative estimate of drug-likeness (QED) is 0.472. The average Bonchev–Trinajstić information content (AvgIpc) is 2.58. The number of aromatic nitrogens is 2. The standard InChI is InChI=1S/C7H8.2C6H7N.C4H10/c1-7-5-3-2-4-6-7;1-6-2-4-7-5-3-6;1-6-4-2-3-5-7-6;1-4(2)3/h2-6H,1H3;2*2-5H,1H3;4H,1-3H3. The van der Waals surface area contributed by atoms with E-state index in [1.807, 2.05) is 62.4 Å². The fourth-order valence-electron chi connectivity index (χ4n) is 1.41. The molecule has 0 aliphatic carbocycles. The minimum atomic E-state index is 0.833. The van der Waals surface area contributed by atoms with Crippen molar-refractivity contribution in [1.82, 2.24) is 9.97 Å². The largest absolute Gasteiger partial charge is 0.265 e. The number of hydrogen-bond acceptors (Lipinski definition) is 2. The van der Waals surface area contributed by atoms with Gasteiger partial charge in [0.2, 0.25) is 0 Å². The Hall–Kier alpha value is -2.48. The first-order valence-corrected chi connectivity index (χ1v) is 8.67. The molecule has 0 unspecified atom stereocenters. The highest BCUT2D eigenvalue weighted by Crippen LogP contribution is 1.92. The van der Waals surface area contributed by atoms with Crippen LogP contribution in [-0.2, 0) is 0 Å². The van der Waals surface area contributed by atoms with Crippen molar-refractivity contribution >= 4 is 0 Å². The second kappa shape index (κ2) is 15.1. The summed E-state index contributed by atoms with van der Waals surface area (Å²) in [5.74, 6) is 0.833. The molecule has 3 rings (SSSR count). The zero-order valence-corrected chi connectivity index (χ0v) is 16.5. The third kappa shape index (κ3) is 17.7. The summed E-state index contributed by atoms with van der Waals surface area (Å²) < 4.78 is 0. The molecule has 2 nitrogen and oxygen atoms in total. The van der Waals surface area contributed by atoms with Gasteiger partial charge in [-0.3, -0.25) is 9.97 Å². The zero-order chi connectivity index (χ0) is 18.9. The van der Waals surface area contributed by atoms with Crippen molar-refractivity contribution in [2.24, 2.45) is 5.92 Å². The van der Waals surface area contributed by atoms with Crippen molar-refractivity contribution < 1.29 is 0 Å². The van der Waals surface area contributed by atoms with Crippen molar-refractivity contribution in [3.05, 3.63) is 96.1 Å². The van der Waals surface area contributed by atoms with Crippen LogP contribution in [0.25, 0.3) is 0 Å². The molecule has 2 heteroatoms. The van der Waals surface area contributed by atoms with Crippen LogP contribution in [0.5, 0.6) is 0 Å². The first kappa shape index (κ1) is 22.5. The third-order valence-electron chi connectivity index (χ3n) is 2.60. The van der Waals surface area contributed by atoms with Gasteiger partial charge in [-0.2, -0.15) is 0 Å². The lowest BCUT2D eigenvalue weighted by Gasteiger charge is -1.82. The molecule has 0 radical (unpaired) electrons. The van der Waals surface area contributed by atoms with E-state index in [1.54, 1.807) is 18.6 Å². The van der Waals surface area contributed by atoms with E-state index in [4.69, 9.17) is 0 Å². The highest BCUT2D eigenvalue weighted by molar-refractivity contribution is 5.11. The Kier molecular flexibility index (Phi) is 13.6. The molecule has 134 valence electrons. The lowest BCUT2D eigenvalue weighted by molar-refractivity contribution is 0.737. The average molecular weight is 337 g/mol. The topological polar surface area (TPSA) is 25.8 Å². The van der Waals surface area contributed by atoms with Gasteiger partial charge in [0.25, 0.3) is 0 Å². The van der Waals surface area contributed by atoms with Crippen molar-refractivity contribution in [2.45, 2.75) is 41.5 Å². The van der Waals surface area contributed by atoms with E-state index in [9.17, 15) is 0 Å².